The number of rotatable bonds is 8. The minimum Gasteiger partial charge on any atom is -0.489 e. The Morgan fingerprint density at radius 1 is 1.03 bits per heavy atom. The van der Waals surface area contributed by atoms with Crippen molar-refractivity contribution < 1.29 is 19.1 Å². The summed E-state index contributed by atoms with van der Waals surface area (Å²) in [5.74, 6) is 0.899. The number of hydrogen-bond donors (Lipinski definition) is 1. The van der Waals surface area contributed by atoms with Gasteiger partial charge in [-0.25, -0.2) is 4.79 Å². The minimum absolute atomic E-state index is 0.0952. The number of halogens is 1. The summed E-state index contributed by atoms with van der Waals surface area (Å²) in [5.41, 5.74) is 1.46. The zero-order chi connectivity index (χ0) is 26.2. The molecule has 37 heavy (non-hydrogen) atoms. The van der Waals surface area contributed by atoms with Gasteiger partial charge in [-0.2, -0.15) is 0 Å². The van der Waals surface area contributed by atoms with E-state index < -0.39 is 0 Å². The van der Waals surface area contributed by atoms with Crippen LogP contribution in [0.2, 0.25) is 5.02 Å². The molecular weight excluding hydrogens is 498 g/mol. The number of nitrogens with zero attached hydrogens (tertiary/aromatic N) is 4. The van der Waals surface area contributed by atoms with Crippen molar-refractivity contribution in [2.24, 2.45) is 0 Å². The van der Waals surface area contributed by atoms with E-state index in [9.17, 15) is 14.4 Å². The summed E-state index contributed by atoms with van der Waals surface area (Å²) in [6.07, 6.45) is -0.0541. The van der Waals surface area contributed by atoms with Crippen LogP contribution in [0.4, 0.5) is 4.79 Å². The maximum atomic E-state index is 12.6. The molecule has 0 aliphatic carbocycles. The van der Waals surface area contributed by atoms with Crippen LogP contribution in [0.3, 0.4) is 0 Å². The number of aromatic nitrogens is 3. The van der Waals surface area contributed by atoms with Gasteiger partial charge in [0.2, 0.25) is 5.91 Å². The third-order valence-electron chi connectivity index (χ3n) is 5.92. The zero-order valence-electron chi connectivity index (χ0n) is 20.5. The Bertz CT molecular complexity index is 1290. The van der Waals surface area contributed by atoms with Crippen LogP contribution in [0.5, 0.6) is 5.75 Å². The lowest BCUT2D eigenvalue weighted by Crippen LogP contribution is -2.50. The van der Waals surface area contributed by atoms with E-state index in [1.165, 1.54) is 0 Å². The molecule has 4 rings (SSSR count). The fraction of sp³-hybridized carbons (Fsp3) is 0.346. The molecule has 1 aliphatic rings. The summed E-state index contributed by atoms with van der Waals surface area (Å²) in [7, 11) is 0. The summed E-state index contributed by atoms with van der Waals surface area (Å²) in [6.45, 7) is 4.15. The minimum atomic E-state index is -0.383. The molecule has 0 radical (unpaired) electrons. The number of aromatic amines is 1. The lowest BCUT2D eigenvalue weighted by molar-refractivity contribution is -0.132. The average Bonchev–Trinajstić information content (AvgIpc) is 2.91. The Balaban J connectivity index is 1.28. The maximum absolute atomic E-state index is 12.6. The van der Waals surface area contributed by atoms with Gasteiger partial charge in [0, 0.05) is 49.6 Å². The first-order valence-electron chi connectivity index (χ1n) is 12.1. The number of amides is 2. The van der Waals surface area contributed by atoms with E-state index in [0.29, 0.717) is 61.6 Å². The summed E-state index contributed by atoms with van der Waals surface area (Å²) in [6, 6.07) is 14.6. The Labute approximate surface area is 219 Å². The van der Waals surface area contributed by atoms with Crippen molar-refractivity contribution in [1.29, 1.82) is 0 Å². The second kappa shape index (κ2) is 12.4. The molecule has 0 saturated carbocycles. The molecule has 3 aromatic rings. The Hall–Kier alpha value is -3.92. The van der Waals surface area contributed by atoms with Gasteiger partial charge in [-0.15, -0.1) is 10.2 Å². The molecule has 2 aromatic carbocycles. The molecule has 0 atom stereocenters. The number of nitrogens with one attached hydrogen (secondary N) is 1. The number of hydrogen-bond acceptors (Lipinski definition) is 7. The van der Waals surface area contributed by atoms with Crippen LogP contribution in [0.25, 0.3) is 11.4 Å². The van der Waals surface area contributed by atoms with Crippen molar-refractivity contribution in [2.45, 2.75) is 26.4 Å². The molecule has 0 spiro atoms. The standard InChI is InChI=1S/C26H28ClN5O5/c1-2-36-26(35)32-14-12-31(13-15-32)23(33)11-10-22-25(34)28-24(30-29-22)19-6-8-21(9-7-19)37-17-18-4-3-5-20(27)16-18/h3-9,16H,2,10-15,17H2,1H3,(H,28,30,34). The maximum Gasteiger partial charge on any atom is 0.409 e. The van der Waals surface area contributed by atoms with Crippen LogP contribution >= 0.6 is 11.6 Å². The first-order chi connectivity index (χ1) is 17.9. The third kappa shape index (κ3) is 7.07. The predicted octanol–water partition coefficient (Wildman–Crippen LogP) is 3.30. The van der Waals surface area contributed by atoms with Gasteiger partial charge < -0.3 is 24.3 Å². The van der Waals surface area contributed by atoms with Crippen molar-refractivity contribution in [2.75, 3.05) is 32.8 Å². The van der Waals surface area contributed by atoms with E-state index in [4.69, 9.17) is 21.1 Å². The van der Waals surface area contributed by atoms with Crippen LogP contribution in [0, 0.1) is 0 Å². The number of piperazine rings is 1. The van der Waals surface area contributed by atoms with Gasteiger partial charge in [-0.05, 0) is 48.9 Å². The lowest BCUT2D eigenvalue weighted by atomic mass is 10.2. The first-order valence-corrected chi connectivity index (χ1v) is 12.4. The summed E-state index contributed by atoms with van der Waals surface area (Å²) in [4.78, 5) is 42.9. The van der Waals surface area contributed by atoms with Crippen molar-refractivity contribution in [3.05, 3.63) is 75.2 Å². The van der Waals surface area contributed by atoms with Gasteiger partial charge >= 0.3 is 6.09 Å². The van der Waals surface area contributed by atoms with Crippen LogP contribution in [0.15, 0.2) is 53.3 Å². The van der Waals surface area contributed by atoms with E-state index in [2.05, 4.69) is 15.2 Å². The topological polar surface area (TPSA) is 118 Å². The predicted molar refractivity (Wildman–Crippen MR) is 137 cm³/mol. The van der Waals surface area contributed by atoms with Crippen LogP contribution in [-0.2, 0) is 22.6 Å². The Kier molecular flexibility index (Phi) is 8.73. The highest BCUT2D eigenvalue weighted by atomic mass is 35.5. The highest BCUT2D eigenvalue weighted by molar-refractivity contribution is 6.30. The van der Waals surface area contributed by atoms with E-state index in [-0.39, 0.29) is 36.1 Å². The second-order valence-electron chi connectivity index (χ2n) is 8.46. The van der Waals surface area contributed by atoms with E-state index in [1.807, 2.05) is 24.3 Å². The summed E-state index contributed by atoms with van der Waals surface area (Å²) >= 11 is 6.00. The summed E-state index contributed by atoms with van der Waals surface area (Å²) < 4.78 is 10.8. The molecule has 11 heteroatoms. The van der Waals surface area contributed by atoms with E-state index >= 15 is 0 Å². The number of carbonyl (C=O) groups is 2. The molecule has 1 N–H and O–H groups in total. The number of ether oxygens (including phenoxy) is 2. The number of carbonyl (C=O) groups excluding carboxylic acids is 2. The molecule has 0 unspecified atom stereocenters. The van der Waals surface area contributed by atoms with Crippen molar-refractivity contribution in [3.8, 4) is 17.1 Å². The molecular formula is C26H28ClN5O5. The monoisotopic (exact) mass is 525 g/mol. The largest absolute Gasteiger partial charge is 0.489 e. The van der Waals surface area contributed by atoms with Crippen molar-refractivity contribution >= 4 is 23.6 Å². The third-order valence-corrected chi connectivity index (χ3v) is 6.16. The molecule has 194 valence electrons. The second-order valence-corrected chi connectivity index (χ2v) is 8.90. The average molecular weight is 526 g/mol. The first kappa shape index (κ1) is 26.2. The van der Waals surface area contributed by atoms with Crippen molar-refractivity contribution in [3.63, 3.8) is 0 Å². The number of aryl methyl sites for hydroxylation is 1. The van der Waals surface area contributed by atoms with Gasteiger partial charge in [0.25, 0.3) is 5.56 Å². The zero-order valence-corrected chi connectivity index (χ0v) is 21.2. The quantitative estimate of drug-likeness (QED) is 0.479. The molecule has 10 nitrogen and oxygen atoms in total. The molecule has 1 aliphatic heterocycles. The molecule has 2 amide bonds. The normalized spacial score (nSPS) is 13.4. The Morgan fingerprint density at radius 2 is 1.76 bits per heavy atom. The molecule has 1 saturated heterocycles. The van der Waals surface area contributed by atoms with Crippen LogP contribution in [-0.4, -0.2) is 69.8 Å². The van der Waals surface area contributed by atoms with Crippen molar-refractivity contribution in [1.82, 2.24) is 25.0 Å². The molecule has 2 heterocycles. The van der Waals surface area contributed by atoms with Crippen LogP contribution < -0.4 is 10.3 Å². The Morgan fingerprint density at radius 3 is 2.43 bits per heavy atom. The highest BCUT2D eigenvalue weighted by Gasteiger charge is 2.24. The molecule has 1 aromatic heterocycles. The van der Waals surface area contributed by atoms with Gasteiger partial charge in [0.15, 0.2) is 5.82 Å². The van der Waals surface area contributed by atoms with Gasteiger partial charge in [-0.1, -0.05) is 23.7 Å². The SMILES string of the molecule is CCOC(=O)N1CCN(C(=O)CCc2nnc(-c3ccc(OCc4cccc(Cl)c4)cc3)[nH]c2=O)CC1. The fourth-order valence-electron chi connectivity index (χ4n) is 3.89. The smallest absolute Gasteiger partial charge is 0.409 e. The van der Waals surface area contributed by atoms with E-state index in [1.54, 1.807) is 41.0 Å². The van der Waals surface area contributed by atoms with Gasteiger partial charge in [0.1, 0.15) is 18.1 Å². The van der Waals surface area contributed by atoms with Gasteiger partial charge in [0.05, 0.1) is 6.61 Å². The fourth-order valence-corrected chi connectivity index (χ4v) is 4.11. The van der Waals surface area contributed by atoms with Gasteiger partial charge in [-0.3, -0.25) is 9.59 Å². The highest BCUT2D eigenvalue weighted by Crippen LogP contribution is 2.20. The number of H-pyrrole nitrogens is 1. The molecule has 1 fully saturated rings. The van der Waals surface area contributed by atoms with Crippen LogP contribution in [0.1, 0.15) is 24.6 Å². The van der Waals surface area contributed by atoms with E-state index in [0.717, 1.165) is 5.56 Å². The lowest BCUT2D eigenvalue weighted by Gasteiger charge is -2.34. The summed E-state index contributed by atoms with van der Waals surface area (Å²) in [5, 5.41) is 8.85. The molecule has 0 bridgehead atoms. The number of benzene rings is 2.